The van der Waals surface area contributed by atoms with Crippen molar-refractivity contribution < 1.29 is 4.74 Å². The van der Waals surface area contributed by atoms with Crippen molar-refractivity contribution in [1.29, 1.82) is 0 Å². The molecule has 0 aliphatic carbocycles. The number of likely N-dealkylation sites (tertiary alicyclic amines) is 1. The minimum Gasteiger partial charge on any atom is -0.496 e. The average molecular weight is 276 g/mol. The molecule has 1 aromatic rings. The van der Waals surface area contributed by atoms with Gasteiger partial charge in [-0.25, -0.2) is 0 Å². The third kappa shape index (κ3) is 4.50. The lowest BCUT2D eigenvalue weighted by Gasteiger charge is -2.27. The highest BCUT2D eigenvalue weighted by Crippen LogP contribution is 2.24. The van der Waals surface area contributed by atoms with Gasteiger partial charge in [-0.2, -0.15) is 0 Å². The van der Waals surface area contributed by atoms with Crippen molar-refractivity contribution in [3.8, 4) is 5.75 Å². The molecule has 0 atom stereocenters. The minimum atomic E-state index is -0.170. The van der Waals surface area contributed by atoms with Gasteiger partial charge in [0.15, 0.2) is 0 Å². The molecule has 3 heteroatoms. The Hall–Kier alpha value is -1.06. The van der Waals surface area contributed by atoms with E-state index in [2.05, 4.69) is 36.9 Å². The monoisotopic (exact) mass is 276 g/mol. The number of piperidine rings is 1. The lowest BCUT2D eigenvalue weighted by atomic mass is 9.94. The fourth-order valence-electron chi connectivity index (χ4n) is 2.95. The molecule has 1 saturated heterocycles. The van der Waals surface area contributed by atoms with Gasteiger partial charge in [0.25, 0.3) is 0 Å². The molecule has 2 rings (SSSR count). The summed E-state index contributed by atoms with van der Waals surface area (Å²) in [7, 11) is 1.75. The smallest absolute Gasteiger partial charge is 0.123 e. The number of nitrogens with two attached hydrogens (primary N) is 1. The van der Waals surface area contributed by atoms with Gasteiger partial charge in [0, 0.05) is 17.6 Å². The maximum absolute atomic E-state index is 6.13. The van der Waals surface area contributed by atoms with Gasteiger partial charge in [0.05, 0.1) is 7.11 Å². The van der Waals surface area contributed by atoms with E-state index in [0.29, 0.717) is 0 Å². The van der Waals surface area contributed by atoms with Crippen LogP contribution in [-0.4, -0.2) is 30.6 Å². The molecule has 0 radical (unpaired) electrons. The minimum absolute atomic E-state index is 0.170. The summed E-state index contributed by atoms with van der Waals surface area (Å²) in [6.45, 7) is 7.54. The number of hydrogen-bond acceptors (Lipinski definition) is 3. The highest BCUT2D eigenvalue weighted by Gasteiger charge is 2.16. The zero-order valence-corrected chi connectivity index (χ0v) is 13.1. The van der Waals surface area contributed by atoms with Gasteiger partial charge in [0.2, 0.25) is 0 Å². The number of ether oxygens (including phenoxy) is 1. The zero-order valence-electron chi connectivity index (χ0n) is 13.1. The van der Waals surface area contributed by atoms with Crippen LogP contribution in [0.2, 0.25) is 0 Å². The molecule has 0 spiro atoms. The van der Waals surface area contributed by atoms with Crippen molar-refractivity contribution in [2.45, 2.75) is 51.6 Å². The van der Waals surface area contributed by atoms with Crippen LogP contribution in [0.15, 0.2) is 18.2 Å². The number of nitrogens with zero attached hydrogens (tertiary/aromatic N) is 1. The van der Waals surface area contributed by atoms with Crippen LogP contribution in [0.3, 0.4) is 0 Å². The molecule has 2 N–H and O–H groups in total. The SMILES string of the molecule is COc1ccc(CC(C)(C)N)cc1CN1CCCCC1. The molecule has 0 aromatic heterocycles. The van der Waals surface area contributed by atoms with Crippen LogP contribution in [-0.2, 0) is 13.0 Å². The van der Waals surface area contributed by atoms with Gasteiger partial charge in [-0.1, -0.05) is 18.6 Å². The van der Waals surface area contributed by atoms with Crippen molar-refractivity contribution >= 4 is 0 Å². The summed E-state index contributed by atoms with van der Waals surface area (Å²) < 4.78 is 5.51. The van der Waals surface area contributed by atoms with E-state index in [1.54, 1.807) is 7.11 Å². The van der Waals surface area contributed by atoms with Crippen molar-refractivity contribution in [3.05, 3.63) is 29.3 Å². The Kier molecular flexibility index (Phi) is 5.06. The Labute approximate surface area is 123 Å². The Balaban J connectivity index is 2.13. The second-order valence-electron chi connectivity index (χ2n) is 6.65. The predicted octanol–water partition coefficient (Wildman–Crippen LogP) is 2.96. The quantitative estimate of drug-likeness (QED) is 0.898. The summed E-state index contributed by atoms with van der Waals surface area (Å²) in [6, 6.07) is 6.48. The largest absolute Gasteiger partial charge is 0.496 e. The van der Waals surface area contributed by atoms with Gasteiger partial charge < -0.3 is 10.5 Å². The van der Waals surface area contributed by atoms with Crippen LogP contribution in [0.1, 0.15) is 44.2 Å². The van der Waals surface area contributed by atoms with E-state index in [1.165, 1.54) is 43.5 Å². The van der Waals surface area contributed by atoms with Crippen LogP contribution in [0, 0.1) is 0 Å². The molecule has 3 nitrogen and oxygen atoms in total. The van der Waals surface area contributed by atoms with Crippen molar-refractivity contribution in [2.75, 3.05) is 20.2 Å². The summed E-state index contributed by atoms with van der Waals surface area (Å²) >= 11 is 0. The number of benzene rings is 1. The first-order chi connectivity index (χ1) is 9.48. The van der Waals surface area contributed by atoms with E-state index in [1.807, 2.05) is 0 Å². The summed E-state index contributed by atoms with van der Waals surface area (Å²) in [4.78, 5) is 2.53. The third-order valence-electron chi connectivity index (χ3n) is 3.85. The maximum atomic E-state index is 6.13. The van der Waals surface area contributed by atoms with Crippen LogP contribution in [0.4, 0.5) is 0 Å². The number of hydrogen-bond donors (Lipinski definition) is 1. The molecule has 0 amide bonds. The van der Waals surface area contributed by atoms with Crippen molar-refractivity contribution in [2.24, 2.45) is 5.73 Å². The summed E-state index contributed by atoms with van der Waals surface area (Å²) in [5.74, 6) is 0.995. The van der Waals surface area contributed by atoms with Crippen LogP contribution < -0.4 is 10.5 Å². The highest BCUT2D eigenvalue weighted by atomic mass is 16.5. The van der Waals surface area contributed by atoms with E-state index in [0.717, 1.165) is 18.7 Å². The van der Waals surface area contributed by atoms with Crippen LogP contribution in [0.5, 0.6) is 5.75 Å². The lowest BCUT2D eigenvalue weighted by molar-refractivity contribution is 0.218. The molecule has 0 bridgehead atoms. The third-order valence-corrected chi connectivity index (χ3v) is 3.85. The van der Waals surface area contributed by atoms with Crippen molar-refractivity contribution in [1.82, 2.24) is 4.90 Å². The standard InChI is InChI=1S/C17H28N2O/c1-17(2,18)12-14-7-8-16(20-3)15(11-14)13-19-9-5-4-6-10-19/h7-8,11H,4-6,9-10,12-13,18H2,1-3H3. The predicted molar refractivity (Wildman–Crippen MR) is 84.1 cm³/mol. The first-order valence-electron chi connectivity index (χ1n) is 7.65. The van der Waals surface area contributed by atoms with E-state index >= 15 is 0 Å². The normalized spacial score (nSPS) is 17.2. The molecular formula is C17H28N2O. The molecule has 1 aliphatic rings. The Morgan fingerprint density at radius 2 is 1.90 bits per heavy atom. The maximum Gasteiger partial charge on any atom is 0.123 e. The van der Waals surface area contributed by atoms with Crippen LogP contribution in [0.25, 0.3) is 0 Å². The molecule has 1 fully saturated rings. The topological polar surface area (TPSA) is 38.5 Å². The number of methoxy groups -OCH3 is 1. The van der Waals surface area contributed by atoms with Gasteiger partial charge in [0.1, 0.15) is 5.75 Å². The molecule has 1 aliphatic heterocycles. The average Bonchev–Trinajstić information content (AvgIpc) is 2.38. The second-order valence-corrected chi connectivity index (χ2v) is 6.65. The van der Waals surface area contributed by atoms with Gasteiger partial charge in [-0.3, -0.25) is 4.90 Å². The Morgan fingerprint density at radius 1 is 1.20 bits per heavy atom. The molecule has 1 aromatic carbocycles. The molecule has 112 valence electrons. The van der Waals surface area contributed by atoms with Gasteiger partial charge in [-0.05, 0) is 57.8 Å². The number of rotatable bonds is 5. The summed E-state index contributed by atoms with van der Waals surface area (Å²) in [5.41, 5.74) is 8.55. The zero-order chi connectivity index (χ0) is 14.6. The van der Waals surface area contributed by atoms with E-state index in [-0.39, 0.29) is 5.54 Å². The van der Waals surface area contributed by atoms with Crippen molar-refractivity contribution in [3.63, 3.8) is 0 Å². The summed E-state index contributed by atoms with van der Waals surface area (Å²) in [5, 5.41) is 0. The van der Waals surface area contributed by atoms with E-state index < -0.39 is 0 Å². The fourth-order valence-corrected chi connectivity index (χ4v) is 2.95. The second kappa shape index (κ2) is 6.59. The van der Waals surface area contributed by atoms with E-state index in [4.69, 9.17) is 10.5 Å². The fraction of sp³-hybridized carbons (Fsp3) is 0.647. The molecular weight excluding hydrogens is 248 g/mol. The summed E-state index contributed by atoms with van der Waals surface area (Å²) in [6.07, 6.45) is 4.90. The Bertz CT molecular complexity index is 431. The lowest BCUT2D eigenvalue weighted by Crippen LogP contribution is -2.34. The van der Waals surface area contributed by atoms with Gasteiger partial charge >= 0.3 is 0 Å². The molecule has 0 saturated carbocycles. The highest BCUT2D eigenvalue weighted by molar-refractivity contribution is 5.38. The van der Waals surface area contributed by atoms with Gasteiger partial charge in [-0.15, -0.1) is 0 Å². The first-order valence-corrected chi connectivity index (χ1v) is 7.65. The molecule has 0 unspecified atom stereocenters. The van der Waals surface area contributed by atoms with Crippen LogP contribution >= 0.6 is 0 Å². The molecule has 20 heavy (non-hydrogen) atoms. The first kappa shape index (κ1) is 15.3. The van der Waals surface area contributed by atoms with E-state index in [9.17, 15) is 0 Å². The Morgan fingerprint density at radius 3 is 2.50 bits per heavy atom. The molecule has 1 heterocycles.